The Labute approximate surface area is 106 Å². The maximum absolute atomic E-state index is 10.9. The van der Waals surface area contributed by atoms with Gasteiger partial charge in [0.15, 0.2) is 6.61 Å². The summed E-state index contributed by atoms with van der Waals surface area (Å²) in [6.45, 7) is -0.0687. The zero-order valence-electron chi connectivity index (χ0n) is 10.4. The highest BCUT2D eigenvalue weighted by Gasteiger charge is 2.25. The highest BCUT2D eigenvalue weighted by atomic mass is 16.6. The molecule has 5 heteroatoms. The second-order valence-electron chi connectivity index (χ2n) is 4.46. The first-order valence-corrected chi connectivity index (χ1v) is 5.99. The summed E-state index contributed by atoms with van der Waals surface area (Å²) >= 11 is 0. The second kappa shape index (κ2) is 5.73. The first-order valence-electron chi connectivity index (χ1n) is 5.99. The van der Waals surface area contributed by atoms with Gasteiger partial charge >= 0.3 is 5.97 Å². The number of rotatable bonds is 5. The maximum Gasteiger partial charge on any atom is 0.343 e. The molecule has 0 aromatic heterocycles. The van der Waals surface area contributed by atoms with Crippen molar-refractivity contribution < 1.29 is 14.3 Å². The molecule has 0 saturated heterocycles. The molecule has 0 atom stereocenters. The standard InChI is InChI=1S/C13H18N2O3/c1-17-13(16)8-18-12-4-2-10(3-5-12)15-11-6-9(14)7-11/h2-5,9,11,15H,6-8,14H2,1H3. The van der Waals surface area contributed by atoms with Gasteiger partial charge in [0.05, 0.1) is 7.11 Å². The predicted octanol–water partition coefficient (Wildman–Crippen LogP) is 1.14. The number of nitrogens with one attached hydrogen (secondary N) is 1. The lowest BCUT2D eigenvalue weighted by atomic mass is 9.87. The Balaban J connectivity index is 1.80. The monoisotopic (exact) mass is 250 g/mol. The number of benzene rings is 1. The molecule has 18 heavy (non-hydrogen) atoms. The van der Waals surface area contributed by atoms with Crippen molar-refractivity contribution in [2.75, 3.05) is 19.0 Å². The molecule has 1 saturated carbocycles. The zero-order chi connectivity index (χ0) is 13.0. The van der Waals surface area contributed by atoms with Gasteiger partial charge < -0.3 is 20.5 Å². The molecule has 0 bridgehead atoms. The van der Waals surface area contributed by atoms with Crippen LogP contribution in [0.5, 0.6) is 5.75 Å². The van der Waals surface area contributed by atoms with E-state index < -0.39 is 0 Å². The van der Waals surface area contributed by atoms with Crippen LogP contribution in [0.25, 0.3) is 0 Å². The molecule has 0 amide bonds. The summed E-state index contributed by atoms with van der Waals surface area (Å²) in [6.07, 6.45) is 2.03. The lowest BCUT2D eigenvalue weighted by molar-refractivity contribution is -0.142. The summed E-state index contributed by atoms with van der Waals surface area (Å²) < 4.78 is 9.75. The molecule has 0 heterocycles. The number of anilines is 1. The van der Waals surface area contributed by atoms with Crippen LogP contribution in [0.3, 0.4) is 0 Å². The van der Waals surface area contributed by atoms with Crippen LogP contribution in [0.4, 0.5) is 5.69 Å². The molecule has 1 aliphatic rings. The largest absolute Gasteiger partial charge is 0.482 e. The van der Waals surface area contributed by atoms with E-state index in [2.05, 4.69) is 10.1 Å². The Morgan fingerprint density at radius 2 is 2.06 bits per heavy atom. The van der Waals surface area contributed by atoms with Crippen molar-refractivity contribution in [2.24, 2.45) is 5.73 Å². The molecule has 1 aromatic rings. The number of carbonyl (C=O) groups excluding carboxylic acids is 1. The van der Waals surface area contributed by atoms with Crippen molar-refractivity contribution in [2.45, 2.75) is 24.9 Å². The number of carbonyl (C=O) groups is 1. The van der Waals surface area contributed by atoms with E-state index in [4.69, 9.17) is 10.5 Å². The van der Waals surface area contributed by atoms with Crippen molar-refractivity contribution in [3.8, 4) is 5.75 Å². The van der Waals surface area contributed by atoms with Crippen molar-refractivity contribution in [3.63, 3.8) is 0 Å². The molecule has 98 valence electrons. The molecule has 0 aliphatic heterocycles. The van der Waals surface area contributed by atoms with Crippen LogP contribution < -0.4 is 15.8 Å². The molecule has 0 unspecified atom stereocenters. The average Bonchev–Trinajstić information content (AvgIpc) is 2.35. The Kier molecular flexibility index (Phi) is 4.04. The predicted molar refractivity (Wildman–Crippen MR) is 68.6 cm³/mol. The van der Waals surface area contributed by atoms with E-state index in [1.165, 1.54) is 7.11 Å². The van der Waals surface area contributed by atoms with Gasteiger partial charge in [-0.3, -0.25) is 0 Å². The Bertz CT molecular complexity index is 399. The third-order valence-electron chi connectivity index (χ3n) is 2.98. The van der Waals surface area contributed by atoms with E-state index in [1.807, 2.05) is 24.3 Å². The van der Waals surface area contributed by atoms with Gasteiger partial charge in [0.1, 0.15) is 5.75 Å². The van der Waals surface area contributed by atoms with E-state index in [1.54, 1.807) is 0 Å². The van der Waals surface area contributed by atoms with Gasteiger partial charge in [0.25, 0.3) is 0 Å². The fraction of sp³-hybridized carbons (Fsp3) is 0.462. The number of methoxy groups -OCH3 is 1. The number of hydrogen-bond donors (Lipinski definition) is 2. The summed E-state index contributed by atoms with van der Waals surface area (Å²) in [6, 6.07) is 8.31. The van der Waals surface area contributed by atoms with Crippen LogP contribution in [0, 0.1) is 0 Å². The van der Waals surface area contributed by atoms with Gasteiger partial charge in [-0.05, 0) is 37.1 Å². The highest BCUT2D eigenvalue weighted by Crippen LogP contribution is 2.23. The van der Waals surface area contributed by atoms with E-state index in [0.717, 1.165) is 18.5 Å². The molecule has 2 rings (SSSR count). The van der Waals surface area contributed by atoms with Crippen LogP contribution in [0.15, 0.2) is 24.3 Å². The molecule has 0 radical (unpaired) electrons. The maximum atomic E-state index is 10.9. The van der Waals surface area contributed by atoms with Gasteiger partial charge in [-0.15, -0.1) is 0 Å². The van der Waals surface area contributed by atoms with E-state index in [0.29, 0.717) is 17.8 Å². The minimum Gasteiger partial charge on any atom is -0.482 e. The molecule has 1 aliphatic carbocycles. The Morgan fingerprint density at radius 1 is 1.39 bits per heavy atom. The number of hydrogen-bond acceptors (Lipinski definition) is 5. The molecular weight excluding hydrogens is 232 g/mol. The van der Waals surface area contributed by atoms with Crippen molar-refractivity contribution in [3.05, 3.63) is 24.3 Å². The minimum absolute atomic E-state index is 0.0687. The van der Waals surface area contributed by atoms with E-state index in [9.17, 15) is 4.79 Å². The van der Waals surface area contributed by atoms with Gasteiger partial charge in [0, 0.05) is 17.8 Å². The van der Waals surface area contributed by atoms with Crippen molar-refractivity contribution >= 4 is 11.7 Å². The van der Waals surface area contributed by atoms with Crippen LogP contribution in [-0.2, 0) is 9.53 Å². The smallest absolute Gasteiger partial charge is 0.343 e. The molecule has 0 spiro atoms. The molecular formula is C13H18N2O3. The first-order chi connectivity index (χ1) is 8.67. The van der Waals surface area contributed by atoms with Gasteiger partial charge in [-0.1, -0.05) is 0 Å². The molecule has 5 nitrogen and oxygen atoms in total. The topological polar surface area (TPSA) is 73.6 Å². The van der Waals surface area contributed by atoms with Gasteiger partial charge in [-0.25, -0.2) is 4.79 Å². The quantitative estimate of drug-likeness (QED) is 0.767. The first kappa shape index (κ1) is 12.7. The lowest BCUT2D eigenvalue weighted by Gasteiger charge is -2.33. The minimum atomic E-state index is -0.388. The fourth-order valence-corrected chi connectivity index (χ4v) is 1.86. The van der Waals surface area contributed by atoms with E-state index >= 15 is 0 Å². The third-order valence-corrected chi connectivity index (χ3v) is 2.98. The van der Waals surface area contributed by atoms with E-state index in [-0.39, 0.29) is 12.6 Å². The number of esters is 1. The van der Waals surface area contributed by atoms with Crippen LogP contribution >= 0.6 is 0 Å². The Hall–Kier alpha value is -1.75. The highest BCUT2D eigenvalue weighted by molar-refractivity contribution is 5.70. The average molecular weight is 250 g/mol. The number of nitrogens with two attached hydrogens (primary N) is 1. The summed E-state index contributed by atoms with van der Waals surface area (Å²) in [5.41, 5.74) is 6.76. The van der Waals surface area contributed by atoms with Crippen molar-refractivity contribution in [1.82, 2.24) is 0 Å². The fourth-order valence-electron chi connectivity index (χ4n) is 1.86. The van der Waals surface area contributed by atoms with Crippen LogP contribution in [0.2, 0.25) is 0 Å². The molecule has 3 N–H and O–H groups in total. The summed E-state index contributed by atoms with van der Waals surface area (Å²) in [5.74, 6) is 0.261. The van der Waals surface area contributed by atoms with Crippen LogP contribution in [-0.4, -0.2) is 31.8 Å². The summed E-state index contributed by atoms with van der Waals surface area (Å²) in [5, 5.41) is 3.38. The third kappa shape index (κ3) is 3.37. The second-order valence-corrected chi connectivity index (χ2v) is 4.46. The van der Waals surface area contributed by atoms with Gasteiger partial charge in [0.2, 0.25) is 0 Å². The molecule has 1 fully saturated rings. The van der Waals surface area contributed by atoms with Crippen LogP contribution in [0.1, 0.15) is 12.8 Å². The normalized spacial score (nSPS) is 21.9. The zero-order valence-corrected chi connectivity index (χ0v) is 10.4. The van der Waals surface area contributed by atoms with Gasteiger partial charge in [-0.2, -0.15) is 0 Å². The summed E-state index contributed by atoms with van der Waals surface area (Å²) in [7, 11) is 1.34. The van der Waals surface area contributed by atoms with Crippen molar-refractivity contribution in [1.29, 1.82) is 0 Å². The number of ether oxygens (including phenoxy) is 2. The lowest BCUT2D eigenvalue weighted by Crippen LogP contribution is -2.44. The summed E-state index contributed by atoms with van der Waals surface area (Å²) in [4.78, 5) is 10.9. The SMILES string of the molecule is COC(=O)COc1ccc(NC2CC(N)C2)cc1. The molecule has 1 aromatic carbocycles. The Morgan fingerprint density at radius 3 is 2.61 bits per heavy atom.